The van der Waals surface area contributed by atoms with Crippen molar-refractivity contribution in [1.82, 2.24) is 5.32 Å². The lowest BCUT2D eigenvalue weighted by Crippen LogP contribution is -2.68. The minimum Gasteiger partial charge on any atom is -0.477 e. The molecule has 0 radical (unpaired) electrons. The average molecular weight is 940 g/mol. The van der Waals surface area contributed by atoms with Crippen LogP contribution in [0.4, 0.5) is 4.79 Å². The number of alkyl carbamates (subject to hydrolysis) is 1. The van der Waals surface area contributed by atoms with Crippen LogP contribution in [0, 0.1) is 5.92 Å². The first-order chi connectivity index (χ1) is 31.5. The number of amides is 1. The van der Waals surface area contributed by atoms with Crippen LogP contribution in [0.3, 0.4) is 0 Å². The van der Waals surface area contributed by atoms with E-state index in [4.69, 9.17) is 33.2 Å². The van der Waals surface area contributed by atoms with E-state index in [0.717, 1.165) is 22.3 Å². The molecule has 3 saturated heterocycles. The molecule has 3 heterocycles. The number of allylic oxidation sites excluding steroid dienone is 1. The lowest BCUT2D eigenvalue weighted by Gasteiger charge is -2.50. The molecule has 0 bridgehead atoms. The number of ether oxygens (including phenoxy) is 7. The zero-order valence-electron chi connectivity index (χ0n) is 36.2. The Labute approximate surface area is 379 Å². The number of aliphatic carboxylic acids is 1. The van der Waals surface area contributed by atoms with Crippen LogP contribution in [-0.4, -0.2) is 210 Å². The van der Waals surface area contributed by atoms with Crippen LogP contribution in [0.25, 0.3) is 11.1 Å². The van der Waals surface area contributed by atoms with Gasteiger partial charge in [0.05, 0.1) is 50.8 Å². The molecular formula is C44H61NO21. The zero-order chi connectivity index (χ0) is 48.0. The summed E-state index contributed by atoms with van der Waals surface area (Å²) in [7, 11) is 0. The molecule has 66 heavy (non-hydrogen) atoms. The summed E-state index contributed by atoms with van der Waals surface area (Å²) in [5.41, 5.74) is 4.00. The number of aliphatic hydroxyl groups is 11. The van der Waals surface area contributed by atoms with Crippen LogP contribution in [-0.2, 0) is 38.0 Å². The van der Waals surface area contributed by atoms with E-state index in [0.29, 0.717) is 6.42 Å². The number of hydrogen-bond donors (Lipinski definition) is 13. The summed E-state index contributed by atoms with van der Waals surface area (Å²) in [4.78, 5) is 26.0. The summed E-state index contributed by atoms with van der Waals surface area (Å²) in [5, 5.41) is 130. The van der Waals surface area contributed by atoms with Gasteiger partial charge >= 0.3 is 12.1 Å². The number of fused-ring (bicyclic) bond motifs is 3. The third-order valence-corrected chi connectivity index (χ3v) is 12.5. The molecule has 6 unspecified atom stereocenters. The van der Waals surface area contributed by atoms with E-state index >= 15 is 0 Å². The third-order valence-electron chi connectivity index (χ3n) is 12.5. The van der Waals surface area contributed by atoms with Gasteiger partial charge in [-0.1, -0.05) is 74.5 Å². The highest BCUT2D eigenvalue weighted by Crippen LogP contribution is 2.45. The monoisotopic (exact) mass is 939 g/mol. The smallest absolute Gasteiger partial charge is 0.407 e. The van der Waals surface area contributed by atoms with Crippen molar-refractivity contribution in [1.29, 1.82) is 0 Å². The fraction of sp³-hybridized carbons (Fsp3) is 0.636. The van der Waals surface area contributed by atoms with Gasteiger partial charge < -0.3 is 99.8 Å². The van der Waals surface area contributed by atoms with Crippen molar-refractivity contribution in [2.75, 3.05) is 33.0 Å². The number of aliphatic hydroxyl groups excluding tert-OH is 11. The van der Waals surface area contributed by atoms with Gasteiger partial charge in [-0.05, 0) is 28.7 Å². The largest absolute Gasteiger partial charge is 0.477 e. The number of benzene rings is 2. The second-order valence-electron chi connectivity index (χ2n) is 16.8. The Kier molecular flexibility index (Phi) is 17.7. The van der Waals surface area contributed by atoms with Gasteiger partial charge in [0, 0.05) is 18.3 Å². The summed E-state index contributed by atoms with van der Waals surface area (Å²) >= 11 is 0. The van der Waals surface area contributed by atoms with Gasteiger partial charge in [-0.25, -0.2) is 9.59 Å². The molecule has 6 rings (SSSR count). The van der Waals surface area contributed by atoms with E-state index < -0.39 is 155 Å². The predicted molar refractivity (Wildman–Crippen MR) is 223 cm³/mol. The maximum atomic E-state index is 13.3. The molecule has 18 atom stereocenters. The Morgan fingerprint density at radius 2 is 1.47 bits per heavy atom. The van der Waals surface area contributed by atoms with Crippen molar-refractivity contribution in [3.05, 3.63) is 71.8 Å². The van der Waals surface area contributed by atoms with Crippen molar-refractivity contribution < 1.29 is 104 Å². The number of carbonyl (C=O) groups is 2. The normalized spacial score (nSPS) is 35.4. The number of carboxylic acid groups (broad SMARTS) is 1. The van der Waals surface area contributed by atoms with Crippen LogP contribution in [0.15, 0.2) is 60.7 Å². The summed E-state index contributed by atoms with van der Waals surface area (Å²) < 4.78 is 39.9. The second kappa shape index (κ2) is 22.6. The van der Waals surface area contributed by atoms with Crippen molar-refractivity contribution in [2.45, 2.75) is 136 Å². The Bertz CT molecular complexity index is 1890. The molecule has 0 aromatic heterocycles. The highest BCUT2D eigenvalue weighted by molar-refractivity contribution is 5.79. The standard InChI is InChI=1S/C44H61NO21/c1-3-4-13-27(49)26(45-43(59)61-18-25-23-11-7-5-9-21(23)22-10-6-8-12-24(22)25)19-60-40-35(55)34(54)38(31(17-48)63-40)64-41-36(56)39(33(53)30(16-47)62-41)66-44(42(57)58)14-28(50)20(2)37(65-44)32(52)29(51)15-46/h4-13,20,25-41,46-56H,3,14-19H2,1-2H3,(H,45,59)(H,57,58)/b13-4+/t20-,26+,27-,28-,29-,30?,31?,32-,33+,34-,35+,36+,37?,38-,39+,40?,41?,44?/m1/s1. The fourth-order valence-electron chi connectivity index (χ4n) is 8.69. The summed E-state index contributed by atoms with van der Waals surface area (Å²) in [5.74, 6) is -6.12. The van der Waals surface area contributed by atoms with Gasteiger partial charge in [-0.15, -0.1) is 0 Å². The molecule has 1 amide bonds. The first-order valence-corrected chi connectivity index (χ1v) is 21.7. The van der Waals surface area contributed by atoms with Crippen molar-refractivity contribution in [3.8, 4) is 11.1 Å². The minimum atomic E-state index is -2.93. The predicted octanol–water partition coefficient (Wildman–Crippen LogP) is -2.83. The maximum Gasteiger partial charge on any atom is 0.407 e. The first-order valence-electron chi connectivity index (χ1n) is 21.7. The van der Waals surface area contributed by atoms with Gasteiger partial charge in [-0.2, -0.15) is 0 Å². The van der Waals surface area contributed by atoms with E-state index in [-0.39, 0.29) is 12.5 Å². The third kappa shape index (κ3) is 10.9. The zero-order valence-corrected chi connectivity index (χ0v) is 36.2. The number of nitrogens with one attached hydrogen (secondary N) is 1. The molecule has 4 aliphatic rings. The van der Waals surface area contributed by atoms with Crippen LogP contribution < -0.4 is 5.32 Å². The molecular weight excluding hydrogens is 878 g/mol. The minimum absolute atomic E-state index is 0.0352. The van der Waals surface area contributed by atoms with Crippen molar-refractivity contribution >= 4 is 12.1 Å². The van der Waals surface area contributed by atoms with Crippen molar-refractivity contribution in [3.63, 3.8) is 0 Å². The van der Waals surface area contributed by atoms with Crippen LogP contribution in [0.5, 0.6) is 0 Å². The van der Waals surface area contributed by atoms with Gasteiger partial charge in [0.25, 0.3) is 5.79 Å². The average Bonchev–Trinajstić information content (AvgIpc) is 3.64. The highest BCUT2D eigenvalue weighted by atomic mass is 16.8. The Morgan fingerprint density at radius 1 is 0.848 bits per heavy atom. The van der Waals surface area contributed by atoms with E-state index in [9.17, 15) is 70.9 Å². The molecule has 0 spiro atoms. The number of hydrogen-bond acceptors (Lipinski definition) is 20. The molecule has 0 saturated carbocycles. The number of carboxylic acids is 1. The van der Waals surface area contributed by atoms with Crippen LogP contribution in [0.2, 0.25) is 0 Å². The molecule has 2 aromatic rings. The molecule has 1 aliphatic carbocycles. The lowest BCUT2D eigenvalue weighted by molar-refractivity contribution is -0.388. The molecule has 13 N–H and O–H groups in total. The molecule has 3 aliphatic heterocycles. The Balaban J connectivity index is 1.12. The van der Waals surface area contributed by atoms with E-state index in [1.165, 1.54) is 13.0 Å². The molecule has 2 aromatic carbocycles. The summed E-state index contributed by atoms with van der Waals surface area (Å²) in [6.45, 7) is -0.233. The van der Waals surface area contributed by atoms with Gasteiger partial charge in [-0.3, -0.25) is 0 Å². The quantitative estimate of drug-likeness (QED) is 0.0631. The second-order valence-corrected chi connectivity index (χ2v) is 16.8. The van der Waals surface area contributed by atoms with Gasteiger partial charge in [0.2, 0.25) is 0 Å². The van der Waals surface area contributed by atoms with Gasteiger partial charge in [0.15, 0.2) is 12.6 Å². The van der Waals surface area contributed by atoms with E-state index in [2.05, 4.69) is 5.32 Å². The molecule has 22 heteroatoms. The summed E-state index contributed by atoms with van der Waals surface area (Å²) in [6.07, 6.45) is -25.6. The van der Waals surface area contributed by atoms with E-state index in [1.54, 1.807) is 6.08 Å². The molecule has 22 nitrogen and oxygen atoms in total. The first kappa shape index (κ1) is 51.6. The summed E-state index contributed by atoms with van der Waals surface area (Å²) in [6, 6.07) is 14.3. The lowest BCUT2D eigenvalue weighted by atomic mass is 9.84. The fourth-order valence-corrected chi connectivity index (χ4v) is 8.69. The number of rotatable bonds is 19. The van der Waals surface area contributed by atoms with E-state index in [1.807, 2.05) is 55.5 Å². The van der Waals surface area contributed by atoms with Gasteiger partial charge in [0.1, 0.15) is 67.6 Å². The molecule has 3 fully saturated rings. The Hall–Kier alpha value is -3.76. The maximum absolute atomic E-state index is 13.3. The Morgan fingerprint density at radius 3 is 2.06 bits per heavy atom. The molecule has 368 valence electrons. The topological polar surface area (TPSA) is 354 Å². The van der Waals surface area contributed by atoms with Crippen LogP contribution >= 0.6 is 0 Å². The van der Waals surface area contributed by atoms with Crippen molar-refractivity contribution in [2.24, 2.45) is 5.92 Å². The van der Waals surface area contributed by atoms with Crippen LogP contribution in [0.1, 0.15) is 43.7 Å². The number of carbonyl (C=O) groups excluding carboxylic acids is 1. The highest BCUT2D eigenvalue weighted by Gasteiger charge is 2.59. The SMILES string of the molecule is CC/C=C/[C@@H](O)[C@H](COC1OC(CO)[C@@H](OC2OC(CO)[C@H](O)[C@H](OC3(C(=O)O)C[C@@H](O)[C@@H](C)C([C@H](O)[C@H](O)CO)O3)[C@@H]2O)[C@H](O)[C@@H]1O)NC(=O)OCC1c2ccccc2-c2ccccc21.